The average Bonchev–Trinajstić information content (AvgIpc) is 3.25. The summed E-state index contributed by atoms with van der Waals surface area (Å²) in [6, 6.07) is 28.9. The Bertz CT molecular complexity index is 2140. The van der Waals surface area contributed by atoms with Crippen molar-refractivity contribution < 1.29 is 43.0 Å². The van der Waals surface area contributed by atoms with Crippen molar-refractivity contribution in [3.05, 3.63) is 144 Å². The minimum Gasteiger partial charge on any atom is -0.467 e. The molecule has 4 atom stereocenters. The summed E-state index contributed by atoms with van der Waals surface area (Å²) in [6.07, 6.45) is -0.788. The number of carbonyl (C=O) groups excluding carboxylic acids is 7. The number of ether oxygens (including phenoxy) is 2. The Balaban J connectivity index is 1.55. The van der Waals surface area contributed by atoms with Gasteiger partial charge in [-0.1, -0.05) is 121 Å². The third-order valence-corrected chi connectivity index (χ3v) is 9.18. The summed E-state index contributed by atoms with van der Waals surface area (Å²) in [5, 5.41) is 12.4. The van der Waals surface area contributed by atoms with Crippen molar-refractivity contribution in [1.29, 1.82) is 0 Å². The van der Waals surface area contributed by atoms with E-state index in [0.717, 1.165) is 15.6 Å². The molecule has 17 heteroatoms. The summed E-state index contributed by atoms with van der Waals surface area (Å²) in [4.78, 5) is 94.3. The van der Waals surface area contributed by atoms with Gasteiger partial charge in [-0.25, -0.2) is 29.2 Å². The van der Waals surface area contributed by atoms with E-state index in [9.17, 15) is 33.6 Å². The predicted molar refractivity (Wildman–Crippen MR) is 234 cm³/mol. The number of benzene rings is 4. The summed E-state index contributed by atoms with van der Waals surface area (Å²) in [6.45, 7) is 7.66. The number of hydrogen-bond donors (Lipinski definition) is 6. The van der Waals surface area contributed by atoms with E-state index in [0.29, 0.717) is 16.7 Å². The van der Waals surface area contributed by atoms with Crippen LogP contribution in [-0.2, 0) is 54.6 Å². The molecule has 8 amide bonds. The van der Waals surface area contributed by atoms with Crippen LogP contribution >= 0.6 is 0 Å². The Morgan fingerprint density at radius 3 is 1.25 bits per heavy atom. The maximum atomic E-state index is 14.1. The van der Waals surface area contributed by atoms with E-state index in [1.165, 1.54) is 21.0 Å². The zero-order valence-electron chi connectivity index (χ0n) is 36.3. The molecule has 4 rings (SSSR count). The molecule has 63 heavy (non-hydrogen) atoms. The number of alkyl carbamates (subject to hydrolysis) is 1. The lowest BCUT2D eigenvalue weighted by Crippen LogP contribution is -2.61. The average molecular weight is 865 g/mol. The van der Waals surface area contributed by atoms with E-state index >= 15 is 0 Å². The van der Waals surface area contributed by atoms with Gasteiger partial charge in [0.2, 0.25) is 5.91 Å². The van der Waals surface area contributed by atoms with Crippen molar-refractivity contribution in [2.45, 2.75) is 90.3 Å². The van der Waals surface area contributed by atoms with Crippen LogP contribution < -0.4 is 32.1 Å². The van der Waals surface area contributed by atoms with E-state index < -0.39 is 71.6 Å². The van der Waals surface area contributed by atoms with Gasteiger partial charge in [0.1, 0.15) is 29.8 Å². The number of hydrogen-bond acceptors (Lipinski definition) is 9. The zero-order valence-corrected chi connectivity index (χ0v) is 36.3. The lowest BCUT2D eigenvalue weighted by Gasteiger charge is -2.29. The first-order valence-corrected chi connectivity index (χ1v) is 20.3. The fraction of sp³-hybridized carbons (Fsp3) is 0.326. The van der Waals surface area contributed by atoms with Gasteiger partial charge < -0.3 is 30.7 Å². The van der Waals surface area contributed by atoms with Crippen LogP contribution in [0, 0.1) is 0 Å². The molecule has 0 unspecified atom stereocenters. The number of hydrazine groups is 2. The third kappa shape index (κ3) is 16.5. The van der Waals surface area contributed by atoms with Gasteiger partial charge in [-0.05, 0) is 56.9 Å². The van der Waals surface area contributed by atoms with Crippen molar-refractivity contribution in [2.75, 3.05) is 7.11 Å². The second-order valence-corrected chi connectivity index (χ2v) is 15.6. The largest absolute Gasteiger partial charge is 0.467 e. The van der Waals surface area contributed by atoms with Crippen LogP contribution in [0.2, 0.25) is 0 Å². The van der Waals surface area contributed by atoms with Crippen molar-refractivity contribution in [2.24, 2.45) is 0 Å². The molecule has 17 nitrogen and oxygen atoms in total. The van der Waals surface area contributed by atoms with Crippen molar-refractivity contribution in [3.63, 3.8) is 0 Å². The van der Waals surface area contributed by atoms with Crippen LogP contribution in [0.4, 0.5) is 14.4 Å². The second-order valence-electron chi connectivity index (χ2n) is 15.6. The zero-order chi connectivity index (χ0) is 45.9. The number of nitrogens with one attached hydrogen (secondary N) is 6. The Kier molecular flexibility index (Phi) is 18.0. The Hall–Kier alpha value is -7.43. The maximum absolute atomic E-state index is 14.1. The number of methoxy groups -OCH3 is 1. The molecule has 0 aliphatic carbocycles. The summed E-state index contributed by atoms with van der Waals surface area (Å²) in [5.74, 6) is -2.98. The van der Waals surface area contributed by atoms with Crippen LogP contribution in [0.25, 0.3) is 0 Å². The van der Waals surface area contributed by atoms with Crippen LogP contribution in [0.15, 0.2) is 121 Å². The number of urea groups is 2. The normalized spacial score (nSPS) is 12.7. The summed E-state index contributed by atoms with van der Waals surface area (Å²) in [5.41, 5.74) is 7.03. The molecule has 0 aliphatic heterocycles. The first-order chi connectivity index (χ1) is 30.0. The molecule has 0 heterocycles. The SMILES string of the molecule is COC(=O)[C@@H](C)NC(=O)N(Cc1ccccc1)NC(=O)[C@H](Cc1ccccc1)NC(=O)[C@@H](C)NC(=O)N(Cc1ccccc1)NC(=O)[C@H](Cc1ccccc1)NC(=O)OC(C)(C)C. The molecule has 4 aromatic rings. The quantitative estimate of drug-likeness (QED) is 0.0699. The first kappa shape index (κ1) is 48.2. The smallest absolute Gasteiger partial charge is 0.408 e. The lowest BCUT2D eigenvalue weighted by molar-refractivity contribution is -0.142. The highest BCUT2D eigenvalue weighted by Gasteiger charge is 2.31. The van der Waals surface area contributed by atoms with Crippen LogP contribution in [0.5, 0.6) is 0 Å². The molecular formula is C46H56N8O9. The van der Waals surface area contributed by atoms with Gasteiger partial charge >= 0.3 is 24.1 Å². The van der Waals surface area contributed by atoms with Crippen molar-refractivity contribution in [1.82, 2.24) is 42.1 Å². The van der Waals surface area contributed by atoms with E-state index in [4.69, 9.17) is 9.47 Å². The molecule has 4 aromatic carbocycles. The minimum atomic E-state index is -1.28. The maximum Gasteiger partial charge on any atom is 0.408 e. The van der Waals surface area contributed by atoms with E-state index in [1.54, 1.807) is 136 Å². The second kappa shape index (κ2) is 23.5. The van der Waals surface area contributed by atoms with E-state index in [2.05, 4.69) is 32.1 Å². The fourth-order valence-corrected chi connectivity index (χ4v) is 5.97. The third-order valence-electron chi connectivity index (χ3n) is 9.18. The summed E-state index contributed by atoms with van der Waals surface area (Å²) >= 11 is 0. The van der Waals surface area contributed by atoms with E-state index in [-0.39, 0.29) is 25.9 Å². The van der Waals surface area contributed by atoms with Crippen molar-refractivity contribution >= 4 is 41.8 Å². The van der Waals surface area contributed by atoms with Gasteiger partial charge in [0.15, 0.2) is 0 Å². The van der Waals surface area contributed by atoms with Gasteiger partial charge in [-0.2, -0.15) is 0 Å². The first-order valence-electron chi connectivity index (χ1n) is 20.3. The van der Waals surface area contributed by atoms with Crippen LogP contribution in [0.3, 0.4) is 0 Å². The number of amides is 8. The number of carbonyl (C=O) groups is 7. The van der Waals surface area contributed by atoms with E-state index in [1.807, 2.05) is 6.07 Å². The Labute approximate surface area is 367 Å². The molecule has 0 radical (unpaired) electrons. The van der Waals surface area contributed by atoms with Gasteiger partial charge in [0, 0.05) is 12.8 Å². The molecule has 0 spiro atoms. The van der Waals surface area contributed by atoms with Gasteiger partial charge in [0.05, 0.1) is 20.2 Å². The standard InChI is InChI=1S/C46H56N8O9/c1-31(47-43(59)53(29-35-23-15-9-16-24-35)52-41(57)38(28-34-21-13-8-14-22-34)50-45(61)63-46(3,4)5)39(55)49-37(27-33-19-11-7-12-20-33)40(56)51-54(30-36-25-17-10-18-26-36)44(60)48-32(2)42(58)62-6/h7-26,31-32,37-38H,27-30H2,1-6H3,(H,47,59)(H,48,60)(H,49,55)(H,50,61)(H,51,56)(H,52,57)/t31-,32-,37+,38+/m1/s1. The lowest BCUT2D eigenvalue weighted by atomic mass is 10.0. The van der Waals surface area contributed by atoms with Gasteiger partial charge in [-0.3, -0.25) is 25.2 Å². The molecule has 0 aromatic heterocycles. The summed E-state index contributed by atoms with van der Waals surface area (Å²) in [7, 11) is 1.18. The molecule has 0 saturated heterocycles. The molecule has 6 N–H and O–H groups in total. The van der Waals surface area contributed by atoms with Crippen LogP contribution in [0.1, 0.15) is 56.9 Å². The molecule has 0 aliphatic rings. The molecule has 0 bridgehead atoms. The van der Waals surface area contributed by atoms with Gasteiger partial charge in [0.25, 0.3) is 11.8 Å². The Morgan fingerprint density at radius 1 is 0.508 bits per heavy atom. The highest BCUT2D eigenvalue weighted by Crippen LogP contribution is 2.12. The highest BCUT2D eigenvalue weighted by atomic mass is 16.6. The molecular weight excluding hydrogens is 809 g/mol. The number of nitrogens with zero attached hydrogens (tertiary/aromatic N) is 2. The topological polar surface area (TPSA) is 217 Å². The molecule has 334 valence electrons. The summed E-state index contributed by atoms with van der Waals surface area (Å²) < 4.78 is 10.2. The molecule has 0 fully saturated rings. The van der Waals surface area contributed by atoms with Gasteiger partial charge in [-0.15, -0.1) is 0 Å². The Morgan fingerprint density at radius 2 is 0.873 bits per heavy atom. The highest BCUT2D eigenvalue weighted by molar-refractivity contribution is 5.93. The van der Waals surface area contributed by atoms with Crippen LogP contribution in [-0.4, -0.2) is 88.7 Å². The minimum absolute atomic E-state index is 0.0118. The fourth-order valence-electron chi connectivity index (χ4n) is 5.97. The predicted octanol–water partition coefficient (Wildman–Crippen LogP) is 4.29. The monoisotopic (exact) mass is 864 g/mol. The van der Waals surface area contributed by atoms with Crippen molar-refractivity contribution in [3.8, 4) is 0 Å². The number of rotatable bonds is 16. The number of esters is 1. The molecule has 0 saturated carbocycles.